The van der Waals surface area contributed by atoms with Gasteiger partial charge in [-0.25, -0.2) is 0 Å². The van der Waals surface area contributed by atoms with Crippen LogP contribution in [0.25, 0.3) is 0 Å². The molecule has 0 radical (unpaired) electrons. The highest BCUT2D eigenvalue weighted by atomic mass is 16.5. The third-order valence-electron chi connectivity index (χ3n) is 1.45. The van der Waals surface area contributed by atoms with Crippen LogP contribution in [0.3, 0.4) is 0 Å². The standard InChI is InChI=1S/C8H8O3/c1-11-8-4-6(5-9)2-3-7(8)10/h2,4-5H,3H2,1H3. The molecule has 0 spiro atoms. The molecule has 0 bridgehead atoms. The maximum absolute atomic E-state index is 10.9. The van der Waals surface area contributed by atoms with Gasteiger partial charge in [-0.1, -0.05) is 6.08 Å². The smallest absolute Gasteiger partial charge is 0.201 e. The number of aldehydes is 1. The average molecular weight is 152 g/mol. The van der Waals surface area contributed by atoms with Crippen LogP contribution in [0.1, 0.15) is 6.42 Å². The van der Waals surface area contributed by atoms with Gasteiger partial charge >= 0.3 is 0 Å². The second-order valence-electron chi connectivity index (χ2n) is 2.16. The lowest BCUT2D eigenvalue weighted by Crippen LogP contribution is -2.08. The zero-order valence-electron chi connectivity index (χ0n) is 6.16. The van der Waals surface area contributed by atoms with Crippen LogP contribution in [-0.4, -0.2) is 19.2 Å². The van der Waals surface area contributed by atoms with Crippen molar-refractivity contribution in [2.24, 2.45) is 0 Å². The van der Waals surface area contributed by atoms with Crippen molar-refractivity contribution in [1.82, 2.24) is 0 Å². The maximum atomic E-state index is 10.9. The lowest BCUT2D eigenvalue weighted by molar-refractivity contribution is -0.117. The first kappa shape index (κ1) is 7.72. The van der Waals surface area contributed by atoms with Gasteiger partial charge in [-0.05, 0) is 6.08 Å². The van der Waals surface area contributed by atoms with Gasteiger partial charge in [0.25, 0.3) is 0 Å². The third kappa shape index (κ3) is 1.55. The highest BCUT2D eigenvalue weighted by molar-refractivity contribution is 5.99. The van der Waals surface area contributed by atoms with Crippen LogP contribution >= 0.6 is 0 Å². The molecule has 0 aromatic rings. The SMILES string of the molecule is COC1=CC(C=O)=CCC1=O. The van der Waals surface area contributed by atoms with Crippen LogP contribution < -0.4 is 0 Å². The zero-order chi connectivity index (χ0) is 8.27. The minimum atomic E-state index is -0.0851. The summed E-state index contributed by atoms with van der Waals surface area (Å²) in [5.41, 5.74) is 0.501. The van der Waals surface area contributed by atoms with Gasteiger partial charge in [0.2, 0.25) is 5.78 Å². The normalized spacial score (nSPS) is 17.0. The first-order valence-electron chi connectivity index (χ1n) is 3.22. The van der Waals surface area contributed by atoms with Gasteiger partial charge in [-0.15, -0.1) is 0 Å². The number of allylic oxidation sites excluding steroid dienone is 4. The summed E-state index contributed by atoms with van der Waals surface area (Å²) >= 11 is 0. The Hall–Kier alpha value is -1.38. The van der Waals surface area contributed by atoms with Crippen LogP contribution in [0.5, 0.6) is 0 Å². The molecule has 0 unspecified atom stereocenters. The van der Waals surface area contributed by atoms with Crippen molar-refractivity contribution in [3.05, 3.63) is 23.5 Å². The van der Waals surface area contributed by atoms with Crippen molar-refractivity contribution in [3.63, 3.8) is 0 Å². The van der Waals surface area contributed by atoms with Crippen LogP contribution in [0.15, 0.2) is 23.5 Å². The average Bonchev–Trinajstić information content (AvgIpc) is 2.05. The summed E-state index contributed by atoms with van der Waals surface area (Å²) in [6, 6.07) is 0. The van der Waals surface area contributed by atoms with Gasteiger partial charge in [0.05, 0.1) is 7.11 Å². The molecule has 1 aliphatic rings. The Morgan fingerprint density at radius 3 is 2.91 bits per heavy atom. The number of ketones is 1. The summed E-state index contributed by atoms with van der Waals surface area (Å²) in [5.74, 6) is 0.174. The lowest BCUT2D eigenvalue weighted by Gasteiger charge is -2.07. The summed E-state index contributed by atoms with van der Waals surface area (Å²) in [7, 11) is 1.41. The minimum absolute atomic E-state index is 0.0851. The van der Waals surface area contributed by atoms with Crippen molar-refractivity contribution < 1.29 is 14.3 Å². The van der Waals surface area contributed by atoms with Gasteiger partial charge in [0.15, 0.2) is 5.76 Å². The quantitative estimate of drug-likeness (QED) is 0.544. The molecule has 0 amide bonds. The van der Waals surface area contributed by atoms with Crippen LogP contribution in [0.4, 0.5) is 0 Å². The highest BCUT2D eigenvalue weighted by Gasteiger charge is 2.13. The van der Waals surface area contributed by atoms with Crippen molar-refractivity contribution in [3.8, 4) is 0 Å². The van der Waals surface area contributed by atoms with E-state index < -0.39 is 0 Å². The lowest BCUT2D eigenvalue weighted by atomic mass is 10.1. The number of hydrogen-bond donors (Lipinski definition) is 0. The molecule has 1 rings (SSSR count). The Balaban J connectivity index is 2.88. The summed E-state index contributed by atoms with van der Waals surface area (Å²) < 4.78 is 4.75. The number of carbonyl (C=O) groups excluding carboxylic acids is 2. The highest BCUT2D eigenvalue weighted by Crippen LogP contribution is 2.12. The molecular formula is C8H8O3. The third-order valence-corrected chi connectivity index (χ3v) is 1.45. The summed E-state index contributed by atoms with van der Waals surface area (Å²) in [5, 5.41) is 0. The van der Waals surface area contributed by atoms with E-state index in [1.165, 1.54) is 13.2 Å². The molecule has 11 heavy (non-hydrogen) atoms. The number of rotatable bonds is 2. The number of methoxy groups -OCH3 is 1. The molecule has 0 aromatic heterocycles. The predicted octanol–water partition coefficient (Wildman–Crippen LogP) is 0.615. The van der Waals surface area contributed by atoms with E-state index in [4.69, 9.17) is 4.74 Å². The first-order chi connectivity index (χ1) is 5.27. The molecule has 0 atom stereocenters. The Morgan fingerprint density at radius 2 is 2.36 bits per heavy atom. The zero-order valence-corrected chi connectivity index (χ0v) is 6.16. The molecule has 1 aliphatic carbocycles. The Morgan fingerprint density at radius 1 is 1.64 bits per heavy atom. The Kier molecular flexibility index (Phi) is 2.21. The van der Waals surface area contributed by atoms with Gasteiger partial charge in [0, 0.05) is 12.0 Å². The number of carbonyl (C=O) groups is 2. The number of hydrogen-bond acceptors (Lipinski definition) is 3. The van der Waals surface area contributed by atoms with Gasteiger partial charge in [-0.2, -0.15) is 0 Å². The molecule has 0 fully saturated rings. The molecule has 58 valence electrons. The van der Waals surface area contributed by atoms with E-state index in [1.54, 1.807) is 6.08 Å². The Bertz CT molecular complexity index is 248. The molecular weight excluding hydrogens is 144 g/mol. The van der Waals surface area contributed by atoms with Crippen molar-refractivity contribution in [1.29, 1.82) is 0 Å². The van der Waals surface area contributed by atoms with E-state index in [9.17, 15) is 9.59 Å². The van der Waals surface area contributed by atoms with Crippen LogP contribution in [0, 0.1) is 0 Å². The van der Waals surface area contributed by atoms with E-state index in [0.29, 0.717) is 11.9 Å². The molecule has 0 saturated carbocycles. The molecule has 0 aliphatic heterocycles. The van der Waals surface area contributed by atoms with Crippen molar-refractivity contribution >= 4 is 12.1 Å². The summed E-state index contributed by atoms with van der Waals surface area (Å²) in [4.78, 5) is 21.2. The fourth-order valence-electron chi connectivity index (χ4n) is 0.857. The van der Waals surface area contributed by atoms with E-state index in [-0.39, 0.29) is 18.0 Å². The second kappa shape index (κ2) is 3.14. The van der Waals surface area contributed by atoms with Crippen molar-refractivity contribution in [2.45, 2.75) is 6.42 Å². The monoisotopic (exact) mass is 152 g/mol. The fourth-order valence-corrected chi connectivity index (χ4v) is 0.857. The molecule has 3 nitrogen and oxygen atoms in total. The predicted molar refractivity (Wildman–Crippen MR) is 38.9 cm³/mol. The molecule has 0 saturated heterocycles. The Labute approximate surface area is 64.3 Å². The topological polar surface area (TPSA) is 43.4 Å². The first-order valence-corrected chi connectivity index (χ1v) is 3.22. The summed E-state index contributed by atoms with van der Waals surface area (Å²) in [6.45, 7) is 0. The van der Waals surface area contributed by atoms with E-state index >= 15 is 0 Å². The molecule has 0 aromatic carbocycles. The van der Waals surface area contributed by atoms with E-state index in [1.807, 2.05) is 0 Å². The molecule has 0 heterocycles. The number of Topliss-reactive ketones (excluding diaryl/α,β-unsaturated/α-hetero) is 1. The van der Waals surface area contributed by atoms with Gasteiger partial charge < -0.3 is 4.74 Å². The van der Waals surface area contributed by atoms with Crippen molar-refractivity contribution in [2.75, 3.05) is 7.11 Å². The van der Waals surface area contributed by atoms with E-state index in [0.717, 1.165) is 0 Å². The molecule has 0 N–H and O–H groups in total. The van der Waals surface area contributed by atoms with Gasteiger partial charge in [-0.3, -0.25) is 9.59 Å². The van der Waals surface area contributed by atoms with Crippen LogP contribution in [0.2, 0.25) is 0 Å². The van der Waals surface area contributed by atoms with Gasteiger partial charge in [0.1, 0.15) is 6.29 Å². The maximum Gasteiger partial charge on any atom is 0.201 e. The minimum Gasteiger partial charge on any atom is -0.493 e. The largest absolute Gasteiger partial charge is 0.493 e. The fraction of sp³-hybridized carbons (Fsp3) is 0.250. The summed E-state index contributed by atoms with van der Waals surface area (Å²) in [6.07, 6.45) is 3.98. The number of ether oxygens (including phenoxy) is 1. The molecule has 3 heteroatoms. The van der Waals surface area contributed by atoms with E-state index in [2.05, 4.69) is 0 Å². The second-order valence-corrected chi connectivity index (χ2v) is 2.16. The van der Waals surface area contributed by atoms with Crippen LogP contribution in [-0.2, 0) is 14.3 Å².